The molecule has 0 heterocycles. The van der Waals surface area contributed by atoms with Gasteiger partial charge in [-0.15, -0.1) is 0 Å². The number of hydrogen-bond donors (Lipinski definition) is 1. The third-order valence-corrected chi connectivity index (χ3v) is 3.96. The van der Waals surface area contributed by atoms with E-state index in [2.05, 4.69) is 0 Å². The maximum absolute atomic E-state index is 12.3. The van der Waals surface area contributed by atoms with Gasteiger partial charge in [0.25, 0.3) is 0 Å². The van der Waals surface area contributed by atoms with E-state index in [1.165, 1.54) is 12.1 Å². The number of Topliss-reactive ketones (excluding diaryl/α,β-unsaturated/α-hetero) is 3. The number of carbonyl (C=O) groups excluding carboxylic acids is 3. The lowest BCUT2D eigenvalue weighted by atomic mass is 9.89. The predicted molar refractivity (Wildman–Crippen MR) is 80.2 cm³/mol. The summed E-state index contributed by atoms with van der Waals surface area (Å²) in [4.78, 5) is 36.9. The fourth-order valence-corrected chi connectivity index (χ4v) is 2.66. The van der Waals surface area contributed by atoms with Crippen molar-refractivity contribution in [2.24, 2.45) is 0 Å². The fraction of sp³-hybridized carbons (Fsp3) is 0.167. The predicted octanol–water partition coefficient (Wildman–Crippen LogP) is 2.38. The summed E-state index contributed by atoms with van der Waals surface area (Å²) >= 11 is 0. The Morgan fingerprint density at radius 2 is 1.45 bits per heavy atom. The quantitative estimate of drug-likeness (QED) is 0.697. The van der Waals surface area contributed by atoms with Crippen LogP contribution < -0.4 is 0 Å². The Kier molecular flexibility index (Phi) is 3.26. The molecule has 0 atom stereocenters. The molecule has 22 heavy (non-hydrogen) atoms. The molecule has 0 saturated carbocycles. The van der Waals surface area contributed by atoms with E-state index in [-0.39, 0.29) is 11.1 Å². The van der Waals surface area contributed by atoms with Crippen LogP contribution in [0.1, 0.15) is 43.1 Å². The number of benzene rings is 2. The second kappa shape index (κ2) is 5.00. The highest BCUT2D eigenvalue weighted by atomic mass is 16.3. The molecule has 0 bridgehead atoms. The van der Waals surface area contributed by atoms with Crippen molar-refractivity contribution in [3.05, 3.63) is 70.8 Å². The number of aryl methyl sites for hydroxylation is 1. The van der Waals surface area contributed by atoms with Crippen molar-refractivity contribution in [1.82, 2.24) is 0 Å². The number of ketones is 3. The lowest BCUT2D eigenvalue weighted by Crippen LogP contribution is -2.43. The average Bonchev–Trinajstić information content (AvgIpc) is 2.70. The molecule has 4 heteroatoms. The van der Waals surface area contributed by atoms with E-state index in [1.807, 2.05) is 6.92 Å². The molecule has 2 aromatic carbocycles. The van der Waals surface area contributed by atoms with Crippen LogP contribution in [0.2, 0.25) is 0 Å². The highest BCUT2D eigenvalue weighted by Crippen LogP contribution is 2.33. The van der Waals surface area contributed by atoms with Crippen LogP contribution in [0.4, 0.5) is 0 Å². The van der Waals surface area contributed by atoms with E-state index in [9.17, 15) is 19.5 Å². The van der Waals surface area contributed by atoms with Crippen LogP contribution in [0, 0.1) is 6.92 Å². The minimum atomic E-state index is -2.29. The summed E-state index contributed by atoms with van der Waals surface area (Å²) < 4.78 is 0. The zero-order valence-electron chi connectivity index (χ0n) is 12.0. The van der Waals surface area contributed by atoms with Gasteiger partial charge in [-0.25, -0.2) is 0 Å². The maximum Gasteiger partial charge on any atom is 0.203 e. The zero-order chi connectivity index (χ0) is 15.9. The highest BCUT2D eigenvalue weighted by molar-refractivity contribution is 6.33. The standard InChI is InChI=1S/C18H14O4/c1-11-6-8-12(9-7-11)15(19)10-18(22)16(20)13-4-2-3-5-14(13)17(18)21/h2-9,22H,10H2,1H3. The molecule has 0 unspecified atom stereocenters. The van der Waals surface area contributed by atoms with Gasteiger partial charge in [-0.2, -0.15) is 0 Å². The molecule has 1 aliphatic carbocycles. The van der Waals surface area contributed by atoms with Gasteiger partial charge in [0, 0.05) is 16.7 Å². The van der Waals surface area contributed by atoms with Crippen molar-refractivity contribution in [3.63, 3.8) is 0 Å². The molecule has 3 rings (SSSR count). The summed E-state index contributed by atoms with van der Waals surface area (Å²) in [6, 6.07) is 13.0. The molecule has 0 amide bonds. The second-order valence-electron chi connectivity index (χ2n) is 5.53. The Balaban J connectivity index is 1.92. The summed E-state index contributed by atoms with van der Waals surface area (Å²) in [5.74, 6) is -1.83. The van der Waals surface area contributed by atoms with Gasteiger partial charge in [0.1, 0.15) is 0 Å². The zero-order valence-corrected chi connectivity index (χ0v) is 12.0. The van der Waals surface area contributed by atoms with Crippen LogP contribution >= 0.6 is 0 Å². The van der Waals surface area contributed by atoms with Crippen molar-refractivity contribution in [2.75, 3.05) is 0 Å². The Morgan fingerprint density at radius 3 is 1.95 bits per heavy atom. The number of rotatable bonds is 3. The summed E-state index contributed by atoms with van der Waals surface area (Å²) in [6.45, 7) is 1.89. The molecular formula is C18H14O4. The van der Waals surface area contributed by atoms with E-state index in [0.717, 1.165) is 5.56 Å². The van der Waals surface area contributed by atoms with E-state index in [4.69, 9.17) is 0 Å². The largest absolute Gasteiger partial charge is 0.374 e. The molecule has 1 aliphatic rings. The molecule has 0 aliphatic heterocycles. The van der Waals surface area contributed by atoms with Crippen molar-refractivity contribution in [1.29, 1.82) is 0 Å². The van der Waals surface area contributed by atoms with Crippen molar-refractivity contribution >= 4 is 17.3 Å². The van der Waals surface area contributed by atoms with Crippen molar-refractivity contribution in [2.45, 2.75) is 18.9 Å². The second-order valence-corrected chi connectivity index (χ2v) is 5.53. The Labute approximate surface area is 127 Å². The Hall–Kier alpha value is -2.59. The molecule has 1 N–H and O–H groups in total. The van der Waals surface area contributed by atoms with Crippen LogP contribution in [-0.4, -0.2) is 28.1 Å². The van der Waals surface area contributed by atoms with Crippen molar-refractivity contribution < 1.29 is 19.5 Å². The van der Waals surface area contributed by atoms with E-state index < -0.39 is 29.4 Å². The average molecular weight is 294 g/mol. The van der Waals surface area contributed by atoms with Gasteiger partial charge in [0.15, 0.2) is 11.4 Å². The first-order valence-corrected chi connectivity index (χ1v) is 6.94. The van der Waals surface area contributed by atoms with Crippen LogP contribution in [0.5, 0.6) is 0 Å². The van der Waals surface area contributed by atoms with Crippen molar-refractivity contribution in [3.8, 4) is 0 Å². The smallest absolute Gasteiger partial charge is 0.203 e. The van der Waals surface area contributed by atoms with Gasteiger partial charge < -0.3 is 5.11 Å². The fourth-order valence-electron chi connectivity index (χ4n) is 2.66. The van der Waals surface area contributed by atoms with Gasteiger partial charge in [0.2, 0.25) is 11.6 Å². The minimum Gasteiger partial charge on any atom is -0.374 e. The molecule has 0 saturated heterocycles. The van der Waals surface area contributed by atoms with E-state index in [1.54, 1.807) is 36.4 Å². The third-order valence-electron chi connectivity index (χ3n) is 3.96. The Morgan fingerprint density at radius 1 is 0.955 bits per heavy atom. The third kappa shape index (κ3) is 2.09. The number of hydrogen-bond acceptors (Lipinski definition) is 4. The van der Waals surface area contributed by atoms with Gasteiger partial charge in [-0.05, 0) is 6.92 Å². The van der Waals surface area contributed by atoms with Gasteiger partial charge in [-0.1, -0.05) is 54.1 Å². The van der Waals surface area contributed by atoms with E-state index >= 15 is 0 Å². The maximum atomic E-state index is 12.3. The van der Waals surface area contributed by atoms with Crippen LogP contribution in [-0.2, 0) is 0 Å². The highest BCUT2D eigenvalue weighted by Gasteiger charge is 2.52. The van der Waals surface area contributed by atoms with Crippen LogP contribution in [0.15, 0.2) is 48.5 Å². The molecule has 0 aromatic heterocycles. The first kappa shape index (κ1) is 14.4. The summed E-state index contributed by atoms with van der Waals surface area (Å²) in [5.41, 5.74) is -0.573. The topological polar surface area (TPSA) is 71.4 Å². The summed E-state index contributed by atoms with van der Waals surface area (Å²) in [5, 5.41) is 10.5. The molecule has 110 valence electrons. The lowest BCUT2D eigenvalue weighted by Gasteiger charge is -2.18. The monoisotopic (exact) mass is 294 g/mol. The molecular weight excluding hydrogens is 280 g/mol. The van der Waals surface area contributed by atoms with Gasteiger partial charge >= 0.3 is 0 Å². The number of carbonyl (C=O) groups is 3. The molecule has 2 aromatic rings. The molecule has 4 nitrogen and oxygen atoms in total. The summed E-state index contributed by atoms with van der Waals surface area (Å²) in [7, 11) is 0. The van der Waals surface area contributed by atoms with Crippen LogP contribution in [0.25, 0.3) is 0 Å². The van der Waals surface area contributed by atoms with Crippen LogP contribution in [0.3, 0.4) is 0 Å². The summed E-state index contributed by atoms with van der Waals surface area (Å²) in [6.07, 6.45) is -0.539. The van der Waals surface area contributed by atoms with E-state index in [0.29, 0.717) is 5.56 Å². The first-order chi connectivity index (χ1) is 10.4. The normalized spacial score (nSPS) is 15.7. The SMILES string of the molecule is Cc1ccc(C(=O)CC2(O)C(=O)c3ccccc3C2=O)cc1. The molecule has 0 fully saturated rings. The Bertz CT molecular complexity index is 752. The molecule has 0 radical (unpaired) electrons. The van der Waals surface area contributed by atoms with Gasteiger partial charge in [-0.3, -0.25) is 14.4 Å². The lowest BCUT2D eigenvalue weighted by molar-refractivity contribution is 0.0295. The first-order valence-electron chi connectivity index (χ1n) is 6.94. The number of fused-ring (bicyclic) bond motifs is 1. The molecule has 0 spiro atoms. The minimum absolute atomic E-state index is 0.173. The number of aliphatic hydroxyl groups is 1. The van der Waals surface area contributed by atoms with Gasteiger partial charge in [0.05, 0.1) is 6.42 Å².